The highest BCUT2D eigenvalue weighted by Crippen LogP contribution is 2.28. The molecule has 1 N–H and O–H groups in total. The summed E-state index contributed by atoms with van der Waals surface area (Å²) in [6, 6.07) is 14.6. The Morgan fingerprint density at radius 1 is 1.19 bits per heavy atom. The molecule has 168 valence electrons. The fourth-order valence-corrected chi connectivity index (χ4v) is 6.80. The van der Waals surface area contributed by atoms with E-state index in [0.717, 1.165) is 21.8 Å². The molecule has 4 rings (SSSR count). The fraction of sp³-hybridized carbons (Fsp3) is 0.333. The van der Waals surface area contributed by atoms with Crippen LogP contribution in [0.3, 0.4) is 0 Å². The molecular formula is C24H27N3O3S2. The van der Waals surface area contributed by atoms with E-state index < -0.39 is 16.1 Å². The van der Waals surface area contributed by atoms with E-state index in [0.29, 0.717) is 37.9 Å². The van der Waals surface area contributed by atoms with Crippen LogP contribution in [0.1, 0.15) is 29.7 Å². The number of hydrogen-bond acceptors (Lipinski definition) is 5. The molecule has 0 spiro atoms. The number of carbonyl (C=O) groups is 1. The molecule has 1 aliphatic rings. The number of aromatic nitrogens is 1. The summed E-state index contributed by atoms with van der Waals surface area (Å²) in [5.41, 5.74) is 3.70. The molecule has 1 unspecified atom stereocenters. The molecule has 1 atom stereocenters. The highest BCUT2D eigenvalue weighted by atomic mass is 32.2. The van der Waals surface area contributed by atoms with Gasteiger partial charge in [-0.05, 0) is 38.3 Å². The van der Waals surface area contributed by atoms with Crippen molar-refractivity contribution in [2.75, 3.05) is 13.1 Å². The van der Waals surface area contributed by atoms with Gasteiger partial charge in [0.25, 0.3) is 0 Å². The Labute approximate surface area is 193 Å². The van der Waals surface area contributed by atoms with Crippen molar-refractivity contribution in [1.82, 2.24) is 14.6 Å². The van der Waals surface area contributed by atoms with Gasteiger partial charge in [-0.2, -0.15) is 4.31 Å². The summed E-state index contributed by atoms with van der Waals surface area (Å²) in [5.74, 6) is -0.241. The summed E-state index contributed by atoms with van der Waals surface area (Å²) in [6.07, 6.45) is 1.81. The summed E-state index contributed by atoms with van der Waals surface area (Å²) >= 11 is 1.58. The maximum atomic E-state index is 13.3. The van der Waals surface area contributed by atoms with Gasteiger partial charge in [-0.3, -0.25) is 4.79 Å². The molecule has 8 heteroatoms. The monoisotopic (exact) mass is 469 g/mol. The number of rotatable bonds is 7. The number of sulfonamides is 1. The number of thiazole rings is 1. The Morgan fingerprint density at radius 2 is 1.97 bits per heavy atom. The van der Waals surface area contributed by atoms with Gasteiger partial charge in [0.1, 0.15) is 11.0 Å². The predicted octanol–water partition coefficient (Wildman–Crippen LogP) is 3.94. The fourth-order valence-electron chi connectivity index (χ4n) is 4.07. The van der Waals surface area contributed by atoms with Crippen molar-refractivity contribution in [3.05, 3.63) is 70.7 Å². The first-order chi connectivity index (χ1) is 15.4. The lowest BCUT2D eigenvalue weighted by atomic mass is 10.2. The average Bonchev–Trinajstić information content (AvgIpc) is 3.44. The Morgan fingerprint density at radius 3 is 2.72 bits per heavy atom. The van der Waals surface area contributed by atoms with E-state index in [4.69, 9.17) is 0 Å². The van der Waals surface area contributed by atoms with Crippen molar-refractivity contribution in [3.8, 4) is 10.6 Å². The smallest absolute Gasteiger partial charge is 0.244 e. The summed E-state index contributed by atoms with van der Waals surface area (Å²) in [7, 11) is -3.72. The van der Waals surface area contributed by atoms with E-state index in [1.165, 1.54) is 4.31 Å². The van der Waals surface area contributed by atoms with Crippen LogP contribution in [0.25, 0.3) is 10.6 Å². The molecule has 1 aliphatic heterocycles. The molecule has 1 saturated heterocycles. The molecule has 1 aromatic heterocycles. The van der Waals surface area contributed by atoms with E-state index in [1.807, 2.05) is 48.7 Å². The van der Waals surface area contributed by atoms with Crippen molar-refractivity contribution in [3.63, 3.8) is 0 Å². The van der Waals surface area contributed by atoms with Gasteiger partial charge in [-0.25, -0.2) is 13.4 Å². The van der Waals surface area contributed by atoms with Crippen LogP contribution >= 0.6 is 11.3 Å². The van der Waals surface area contributed by atoms with E-state index in [1.54, 1.807) is 30.4 Å². The van der Waals surface area contributed by atoms with Crippen molar-refractivity contribution in [1.29, 1.82) is 0 Å². The quantitative estimate of drug-likeness (QED) is 0.568. The second-order valence-electron chi connectivity index (χ2n) is 8.09. The topological polar surface area (TPSA) is 79.4 Å². The number of nitrogens with one attached hydrogen (secondary N) is 1. The zero-order valence-corrected chi connectivity index (χ0v) is 19.9. The predicted molar refractivity (Wildman–Crippen MR) is 127 cm³/mol. The van der Waals surface area contributed by atoms with Gasteiger partial charge in [-0.1, -0.05) is 48.0 Å². The van der Waals surface area contributed by atoms with Crippen LogP contribution in [-0.4, -0.2) is 42.7 Å². The lowest BCUT2D eigenvalue weighted by molar-refractivity contribution is -0.124. The second-order valence-corrected chi connectivity index (χ2v) is 10.8. The van der Waals surface area contributed by atoms with Gasteiger partial charge in [0.2, 0.25) is 15.9 Å². The molecule has 32 heavy (non-hydrogen) atoms. The molecule has 1 fully saturated rings. The van der Waals surface area contributed by atoms with Gasteiger partial charge >= 0.3 is 0 Å². The largest absolute Gasteiger partial charge is 0.354 e. The first-order valence-corrected chi connectivity index (χ1v) is 13.0. The maximum absolute atomic E-state index is 13.3. The number of benzene rings is 2. The molecule has 0 saturated carbocycles. The van der Waals surface area contributed by atoms with Crippen LogP contribution in [-0.2, 0) is 21.2 Å². The first-order valence-electron chi connectivity index (χ1n) is 10.7. The van der Waals surface area contributed by atoms with Gasteiger partial charge in [0.05, 0.1) is 10.6 Å². The van der Waals surface area contributed by atoms with Crippen LogP contribution in [0, 0.1) is 13.8 Å². The third kappa shape index (κ3) is 4.77. The summed E-state index contributed by atoms with van der Waals surface area (Å²) < 4.78 is 27.9. The lowest BCUT2D eigenvalue weighted by Gasteiger charge is -2.24. The average molecular weight is 470 g/mol. The molecule has 1 amide bonds. The summed E-state index contributed by atoms with van der Waals surface area (Å²) in [6.45, 7) is 4.51. The van der Waals surface area contributed by atoms with E-state index in [2.05, 4.69) is 10.3 Å². The molecule has 6 nitrogen and oxygen atoms in total. The Balaban J connectivity index is 1.38. The molecule has 0 radical (unpaired) electrons. The number of aryl methyl sites for hydroxylation is 2. The first kappa shape index (κ1) is 22.6. The Bertz CT molecular complexity index is 1210. The number of hydrogen-bond donors (Lipinski definition) is 1. The minimum absolute atomic E-state index is 0.241. The SMILES string of the molecule is Cc1ccc(S(=O)(=O)N2CCCC2C(=O)NCCc2csc(-c3ccccc3)n2)c(C)c1. The van der Waals surface area contributed by atoms with Gasteiger partial charge in [0, 0.05) is 30.5 Å². The zero-order chi connectivity index (χ0) is 22.7. The van der Waals surface area contributed by atoms with Crippen LogP contribution in [0.2, 0.25) is 0 Å². The Hall–Kier alpha value is -2.55. The van der Waals surface area contributed by atoms with Crippen LogP contribution in [0.15, 0.2) is 58.8 Å². The van der Waals surface area contributed by atoms with E-state index in [-0.39, 0.29) is 10.8 Å². The third-order valence-corrected chi connectivity index (χ3v) is 8.68. The highest BCUT2D eigenvalue weighted by molar-refractivity contribution is 7.89. The maximum Gasteiger partial charge on any atom is 0.244 e. The van der Waals surface area contributed by atoms with Crippen LogP contribution < -0.4 is 5.32 Å². The number of carbonyl (C=O) groups excluding carboxylic acids is 1. The summed E-state index contributed by atoms with van der Waals surface area (Å²) in [4.78, 5) is 17.8. The van der Waals surface area contributed by atoms with E-state index in [9.17, 15) is 13.2 Å². The number of nitrogens with zero attached hydrogens (tertiary/aromatic N) is 2. The minimum atomic E-state index is -3.72. The van der Waals surface area contributed by atoms with Crippen LogP contribution in [0.5, 0.6) is 0 Å². The van der Waals surface area contributed by atoms with Gasteiger partial charge in [-0.15, -0.1) is 11.3 Å². The summed E-state index contributed by atoms with van der Waals surface area (Å²) in [5, 5.41) is 5.87. The standard InChI is InChI=1S/C24H27N3O3S2/c1-17-10-11-22(18(2)15-17)32(29,30)27-14-6-9-21(27)23(28)25-13-12-20-16-31-24(26-20)19-7-4-3-5-8-19/h3-5,7-8,10-11,15-16,21H,6,9,12-14H2,1-2H3,(H,25,28). The van der Waals surface area contributed by atoms with Crippen molar-refractivity contribution < 1.29 is 13.2 Å². The van der Waals surface area contributed by atoms with E-state index >= 15 is 0 Å². The molecular weight excluding hydrogens is 442 g/mol. The second kappa shape index (κ2) is 9.52. The lowest BCUT2D eigenvalue weighted by Crippen LogP contribution is -2.46. The van der Waals surface area contributed by atoms with Crippen molar-refractivity contribution >= 4 is 27.3 Å². The van der Waals surface area contributed by atoms with Crippen molar-refractivity contribution in [2.45, 2.75) is 44.0 Å². The van der Waals surface area contributed by atoms with Gasteiger partial charge < -0.3 is 5.32 Å². The molecule has 0 bridgehead atoms. The Kier molecular flexibility index (Phi) is 6.74. The molecule has 0 aliphatic carbocycles. The normalized spacial score (nSPS) is 16.9. The minimum Gasteiger partial charge on any atom is -0.354 e. The number of amides is 1. The van der Waals surface area contributed by atoms with Crippen molar-refractivity contribution in [2.24, 2.45) is 0 Å². The molecule has 3 aromatic rings. The van der Waals surface area contributed by atoms with Crippen LogP contribution in [0.4, 0.5) is 0 Å². The zero-order valence-electron chi connectivity index (χ0n) is 18.2. The third-order valence-electron chi connectivity index (χ3n) is 5.68. The molecule has 2 aromatic carbocycles. The highest BCUT2D eigenvalue weighted by Gasteiger charge is 2.39. The molecule has 2 heterocycles. The van der Waals surface area contributed by atoms with Gasteiger partial charge in [0.15, 0.2) is 0 Å².